The van der Waals surface area contributed by atoms with Crippen molar-refractivity contribution in [2.75, 3.05) is 33.4 Å². The topological polar surface area (TPSA) is 59.6 Å². The van der Waals surface area contributed by atoms with Crippen LogP contribution in [0.5, 0.6) is 11.5 Å². The Morgan fingerprint density at radius 1 is 1.48 bits per heavy atom. The number of hydrogen-bond donors (Lipinski definition) is 2. The van der Waals surface area contributed by atoms with E-state index in [1.807, 2.05) is 0 Å². The summed E-state index contributed by atoms with van der Waals surface area (Å²) in [5, 5.41) is 6.29. The lowest BCUT2D eigenvalue weighted by molar-refractivity contribution is 0.0951. The van der Waals surface area contributed by atoms with Crippen LogP contribution in [0.15, 0.2) is 30.9 Å². The Kier molecular flexibility index (Phi) is 8.51. The van der Waals surface area contributed by atoms with Crippen LogP contribution in [0.2, 0.25) is 0 Å². The third-order valence-electron chi connectivity index (χ3n) is 3.78. The second-order valence-electron chi connectivity index (χ2n) is 5.37. The molecule has 0 aromatic heterocycles. The van der Waals surface area contributed by atoms with Crippen molar-refractivity contribution in [3.63, 3.8) is 0 Å². The number of carbonyl (C=O) groups is 1. The number of carbonyl (C=O) groups excluding carboxylic acids is 1. The number of rotatable bonds is 8. The normalized spacial score (nSPS) is 16.3. The minimum atomic E-state index is -0.0838. The Bertz CT molecular complexity index is 517. The number of ether oxygens (including phenoxy) is 2. The Balaban J connectivity index is 0.00000264. The van der Waals surface area contributed by atoms with Gasteiger partial charge >= 0.3 is 0 Å². The summed E-state index contributed by atoms with van der Waals surface area (Å²) in [7, 11) is 1.56. The van der Waals surface area contributed by atoms with Gasteiger partial charge < -0.3 is 20.1 Å². The standard InChI is InChI=1S/C17H24N2O3.ClH/c1-3-10-22-15-5-4-14(11-16(15)21-2)17(20)19-9-7-13-6-8-18-12-13;/h3-5,11,13,18H,1,6-10,12H2,2H3,(H,19,20);1H. The van der Waals surface area contributed by atoms with Crippen LogP contribution in [0.25, 0.3) is 0 Å². The molecule has 1 saturated heterocycles. The first-order valence-corrected chi connectivity index (χ1v) is 7.65. The summed E-state index contributed by atoms with van der Waals surface area (Å²) in [6.07, 6.45) is 3.87. The fourth-order valence-corrected chi connectivity index (χ4v) is 2.53. The van der Waals surface area contributed by atoms with Crippen molar-refractivity contribution in [2.45, 2.75) is 12.8 Å². The van der Waals surface area contributed by atoms with E-state index in [0.717, 1.165) is 19.5 Å². The van der Waals surface area contributed by atoms with Gasteiger partial charge in [0, 0.05) is 12.1 Å². The molecule has 0 bridgehead atoms. The van der Waals surface area contributed by atoms with Crippen LogP contribution in [0, 0.1) is 5.92 Å². The van der Waals surface area contributed by atoms with E-state index in [0.29, 0.717) is 36.1 Å². The molecule has 128 valence electrons. The highest BCUT2D eigenvalue weighted by Gasteiger charge is 2.15. The fourth-order valence-electron chi connectivity index (χ4n) is 2.53. The number of amides is 1. The monoisotopic (exact) mass is 340 g/mol. The summed E-state index contributed by atoms with van der Waals surface area (Å²) in [5.74, 6) is 1.74. The minimum absolute atomic E-state index is 0. The van der Waals surface area contributed by atoms with E-state index in [4.69, 9.17) is 9.47 Å². The summed E-state index contributed by atoms with van der Waals surface area (Å²) in [4.78, 5) is 12.2. The number of methoxy groups -OCH3 is 1. The molecule has 1 amide bonds. The highest BCUT2D eigenvalue weighted by atomic mass is 35.5. The molecule has 1 aromatic rings. The summed E-state index contributed by atoms with van der Waals surface area (Å²) < 4.78 is 10.8. The molecule has 0 saturated carbocycles. The molecule has 2 N–H and O–H groups in total. The molecular formula is C17H25ClN2O3. The molecule has 1 aliphatic rings. The summed E-state index contributed by atoms with van der Waals surface area (Å²) in [6, 6.07) is 5.19. The third-order valence-corrected chi connectivity index (χ3v) is 3.78. The maximum absolute atomic E-state index is 12.2. The van der Waals surface area contributed by atoms with Crippen molar-refractivity contribution in [1.82, 2.24) is 10.6 Å². The average Bonchev–Trinajstić information content (AvgIpc) is 3.06. The van der Waals surface area contributed by atoms with Gasteiger partial charge in [-0.2, -0.15) is 0 Å². The van der Waals surface area contributed by atoms with Gasteiger partial charge in [0.1, 0.15) is 6.61 Å². The van der Waals surface area contributed by atoms with E-state index in [9.17, 15) is 4.79 Å². The van der Waals surface area contributed by atoms with Gasteiger partial charge in [-0.05, 0) is 50.0 Å². The number of hydrogen-bond acceptors (Lipinski definition) is 4. The molecule has 1 atom stereocenters. The fraction of sp³-hybridized carbons (Fsp3) is 0.471. The van der Waals surface area contributed by atoms with Crippen LogP contribution >= 0.6 is 12.4 Å². The molecule has 0 radical (unpaired) electrons. The van der Waals surface area contributed by atoms with Crippen molar-refractivity contribution < 1.29 is 14.3 Å². The lowest BCUT2D eigenvalue weighted by Crippen LogP contribution is -2.26. The summed E-state index contributed by atoms with van der Waals surface area (Å²) in [6.45, 7) is 6.85. The van der Waals surface area contributed by atoms with Gasteiger partial charge in [0.25, 0.3) is 5.91 Å². The highest BCUT2D eigenvalue weighted by molar-refractivity contribution is 5.94. The maximum atomic E-state index is 12.2. The molecule has 1 unspecified atom stereocenters. The van der Waals surface area contributed by atoms with E-state index in [1.54, 1.807) is 31.4 Å². The average molecular weight is 341 g/mol. The smallest absolute Gasteiger partial charge is 0.251 e. The Morgan fingerprint density at radius 2 is 2.30 bits per heavy atom. The van der Waals surface area contributed by atoms with Gasteiger partial charge in [0.2, 0.25) is 0 Å². The van der Waals surface area contributed by atoms with E-state index < -0.39 is 0 Å². The van der Waals surface area contributed by atoms with Gasteiger partial charge in [-0.1, -0.05) is 12.7 Å². The van der Waals surface area contributed by atoms with E-state index in [2.05, 4.69) is 17.2 Å². The van der Waals surface area contributed by atoms with Crippen molar-refractivity contribution >= 4 is 18.3 Å². The quantitative estimate of drug-likeness (QED) is 0.713. The second kappa shape index (κ2) is 10.1. The van der Waals surface area contributed by atoms with Gasteiger partial charge in [0.15, 0.2) is 11.5 Å². The van der Waals surface area contributed by atoms with Crippen molar-refractivity contribution in [3.05, 3.63) is 36.4 Å². The molecule has 2 rings (SSSR count). The lowest BCUT2D eigenvalue weighted by atomic mass is 10.1. The van der Waals surface area contributed by atoms with Crippen LogP contribution in [-0.2, 0) is 0 Å². The van der Waals surface area contributed by atoms with Crippen molar-refractivity contribution in [2.24, 2.45) is 5.92 Å². The predicted octanol–water partition coefficient (Wildman–Crippen LogP) is 2.41. The first kappa shape index (κ1) is 19.3. The van der Waals surface area contributed by atoms with Crippen molar-refractivity contribution in [1.29, 1.82) is 0 Å². The largest absolute Gasteiger partial charge is 0.493 e. The molecule has 0 aliphatic carbocycles. The zero-order valence-corrected chi connectivity index (χ0v) is 14.3. The SMILES string of the molecule is C=CCOc1ccc(C(=O)NCCC2CCNC2)cc1OC.Cl. The third kappa shape index (κ3) is 5.77. The summed E-state index contributed by atoms with van der Waals surface area (Å²) >= 11 is 0. The van der Waals surface area contributed by atoms with Crippen LogP contribution in [0.3, 0.4) is 0 Å². The van der Waals surface area contributed by atoms with Crippen LogP contribution in [0.4, 0.5) is 0 Å². The summed E-state index contributed by atoms with van der Waals surface area (Å²) in [5.41, 5.74) is 0.576. The molecule has 23 heavy (non-hydrogen) atoms. The van der Waals surface area contributed by atoms with Crippen LogP contribution in [-0.4, -0.2) is 39.3 Å². The molecule has 1 aliphatic heterocycles. The number of benzene rings is 1. The Labute approximate surface area is 143 Å². The van der Waals surface area contributed by atoms with Gasteiger partial charge in [0.05, 0.1) is 7.11 Å². The minimum Gasteiger partial charge on any atom is -0.493 e. The van der Waals surface area contributed by atoms with Crippen LogP contribution < -0.4 is 20.1 Å². The zero-order valence-electron chi connectivity index (χ0n) is 13.5. The number of halogens is 1. The molecule has 6 heteroatoms. The molecule has 5 nitrogen and oxygen atoms in total. The zero-order chi connectivity index (χ0) is 15.8. The second-order valence-corrected chi connectivity index (χ2v) is 5.37. The Hall–Kier alpha value is -1.72. The maximum Gasteiger partial charge on any atom is 0.251 e. The molecule has 0 spiro atoms. The van der Waals surface area contributed by atoms with Gasteiger partial charge in [-0.15, -0.1) is 12.4 Å². The molecular weight excluding hydrogens is 316 g/mol. The predicted molar refractivity (Wildman–Crippen MR) is 93.9 cm³/mol. The van der Waals surface area contributed by atoms with Crippen molar-refractivity contribution in [3.8, 4) is 11.5 Å². The van der Waals surface area contributed by atoms with E-state index in [1.165, 1.54) is 6.42 Å². The Morgan fingerprint density at radius 3 is 2.96 bits per heavy atom. The highest BCUT2D eigenvalue weighted by Crippen LogP contribution is 2.28. The van der Waals surface area contributed by atoms with Gasteiger partial charge in [-0.3, -0.25) is 4.79 Å². The lowest BCUT2D eigenvalue weighted by Gasteiger charge is -2.12. The van der Waals surface area contributed by atoms with Gasteiger partial charge in [-0.25, -0.2) is 0 Å². The molecule has 1 aromatic carbocycles. The van der Waals surface area contributed by atoms with E-state index >= 15 is 0 Å². The first-order chi connectivity index (χ1) is 10.7. The first-order valence-electron chi connectivity index (χ1n) is 7.65. The van der Waals surface area contributed by atoms with Crippen LogP contribution in [0.1, 0.15) is 23.2 Å². The number of nitrogens with one attached hydrogen (secondary N) is 2. The van der Waals surface area contributed by atoms with E-state index in [-0.39, 0.29) is 18.3 Å². The molecule has 1 fully saturated rings. The molecule has 1 heterocycles.